The molecule has 0 aliphatic heterocycles. The highest BCUT2D eigenvalue weighted by Crippen LogP contribution is 2.19. The van der Waals surface area contributed by atoms with Gasteiger partial charge < -0.3 is 5.73 Å². The summed E-state index contributed by atoms with van der Waals surface area (Å²) in [6.07, 6.45) is 5.39. The van der Waals surface area contributed by atoms with Crippen LogP contribution >= 0.6 is 11.3 Å². The van der Waals surface area contributed by atoms with E-state index in [1.54, 1.807) is 11.3 Å². The molecule has 3 heteroatoms. The van der Waals surface area contributed by atoms with Gasteiger partial charge in [0.05, 0.1) is 0 Å². The van der Waals surface area contributed by atoms with Crippen LogP contribution in [0.15, 0.2) is 23.7 Å². The second-order valence-electron chi connectivity index (χ2n) is 2.40. The standard InChI is InChI=1S/C9H12N2S/c1-3-8(4-5-10)9-11-7(2)6-12-9/h3-6H,10H2,1-2H3/b5-4-,8-3+. The summed E-state index contributed by atoms with van der Waals surface area (Å²) in [7, 11) is 0. The fourth-order valence-corrected chi connectivity index (χ4v) is 1.73. The number of hydrogen-bond acceptors (Lipinski definition) is 3. The third-order valence-corrected chi connectivity index (χ3v) is 2.46. The molecule has 1 aromatic rings. The molecule has 1 aromatic heterocycles. The highest BCUT2D eigenvalue weighted by atomic mass is 32.1. The molecule has 0 atom stereocenters. The molecular weight excluding hydrogens is 168 g/mol. The average molecular weight is 180 g/mol. The first-order valence-electron chi connectivity index (χ1n) is 3.75. The maximum atomic E-state index is 5.30. The smallest absolute Gasteiger partial charge is 0.123 e. The molecule has 0 radical (unpaired) electrons. The van der Waals surface area contributed by atoms with Crippen molar-refractivity contribution in [3.05, 3.63) is 34.4 Å². The van der Waals surface area contributed by atoms with E-state index in [4.69, 9.17) is 5.73 Å². The monoisotopic (exact) mass is 180 g/mol. The van der Waals surface area contributed by atoms with Gasteiger partial charge in [-0.1, -0.05) is 6.08 Å². The highest BCUT2D eigenvalue weighted by Gasteiger charge is 2.00. The molecule has 0 spiro atoms. The van der Waals surface area contributed by atoms with Crippen LogP contribution in [0.3, 0.4) is 0 Å². The predicted octanol–water partition coefficient (Wildman–Crippen LogP) is 2.33. The van der Waals surface area contributed by atoms with E-state index < -0.39 is 0 Å². The van der Waals surface area contributed by atoms with Gasteiger partial charge in [0.2, 0.25) is 0 Å². The van der Waals surface area contributed by atoms with Gasteiger partial charge in [-0.2, -0.15) is 0 Å². The van der Waals surface area contributed by atoms with Crippen molar-refractivity contribution < 1.29 is 0 Å². The Morgan fingerprint density at radius 2 is 2.42 bits per heavy atom. The molecule has 64 valence electrons. The summed E-state index contributed by atoms with van der Waals surface area (Å²) in [5.74, 6) is 0. The Hall–Kier alpha value is -1.09. The van der Waals surface area contributed by atoms with Gasteiger partial charge in [-0.15, -0.1) is 11.3 Å². The van der Waals surface area contributed by atoms with E-state index >= 15 is 0 Å². The van der Waals surface area contributed by atoms with Gasteiger partial charge in [0.1, 0.15) is 5.01 Å². The number of rotatable bonds is 2. The van der Waals surface area contributed by atoms with Gasteiger partial charge in [-0.05, 0) is 26.1 Å². The minimum Gasteiger partial charge on any atom is -0.405 e. The first kappa shape index (κ1) is 9.00. The summed E-state index contributed by atoms with van der Waals surface area (Å²) in [5, 5.41) is 3.06. The largest absolute Gasteiger partial charge is 0.405 e. The number of thiazole rings is 1. The molecule has 0 bridgehead atoms. The fraction of sp³-hybridized carbons (Fsp3) is 0.222. The quantitative estimate of drug-likeness (QED) is 0.709. The van der Waals surface area contributed by atoms with Gasteiger partial charge in [-0.25, -0.2) is 4.98 Å². The summed E-state index contributed by atoms with van der Waals surface area (Å²) in [5.41, 5.74) is 7.44. The number of aromatic nitrogens is 1. The van der Waals surface area contributed by atoms with E-state index in [0.29, 0.717) is 0 Å². The van der Waals surface area contributed by atoms with Crippen molar-refractivity contribution in [1.29, 1.82) is 0 Å². The van der Waals surface area contributed by atoms with E-state index in [1.807, 2.05) is 31.4 Å². The second kappa shape index (κ2) is 4.07. The van der Waals surface area contributed by atoms with Crippen LogP contribution in [0.2, 0.25) is 0 Å². The molecule has 0 fully saturated rings. The van der Waals surface area contributed by atoms with Crippen molar-refractivity contribution in [1.82, 2.24) is 4.98 Å². The topological polar surface area (TPSA) is 38.9 Å². The van der Waals surface area contributed by atoms with Crippen LogP contribution in [-0.2, 0) is 0 Å². The SMILES string of the molecule is C/C=C(\C=C/N)c1nc(C)cs1. The molecule has 2 N–H and O–H groups in total. The van der Waals surface area contributed by atoms with Gasteiger partial charge in [0.15, 0.2) is 0 Å². The van der Waals surface area contributed by atoms with Gasteiger partial charge in [-0.3, -0.25) is 0 Å². The van der Waals surface area contributed by atoms with Crippen LogP contribution in [0.4, 0.5) is 0 Å². The van der Waals surface area contributed by atoms with E-state index in [0.717, 1.165) is 16.3 Å². The zero-order valence-electron chi connectivity index (χ0n) is 7.24. The van der Waals surface area contributed by atoms with Crippen molar-refractivity contribution in [3.63, 3.8) is 0 Å². The van der Waals surface area contributed by atoms with Crippen LogP contribution in [0.1, 0.15) is 17.6 Å². The minimum atomic E-state index is 1.02. The molecular formula is C9H12N2S. The lowest BCUT2D eigenvalue weighted by Crippen LogP contribution is -1.82. The summed E-state index contributed by atoms with van der Waals surface area (Å²) in [6, 6.07) is 0. The molecule has 2 nitrogen and oxygen atoms in total. The van der Waals surface area contributed by atoms with Crippen molar-refractivity contribution in [2.45, 2.75) is 13.8 Å². The lowest BCUT2D eigenvalue weighted by molar-refractivity contribution is 1.24. The zero-order chi connectivity index (χ0) is 8.97. The maximum Gasteiger partial charge on any atom is 0.123 e. The molecule has 0 aliphatic carbocycles. The molecule has 0 saturated heterocycles. The van der Waals surface area contributed by atoms with E-state index in [-0.39, 0.29) is 0 Å². The van der Waals surface area contributed by atoms with Crippen molar-refractivity contribution in [2.75, 3.05) is 0 Å². The van der Waals surface area contributed by atoms with Crippen molar-refractivity contribution >= 4 is 16.9 Å². The summed E-state index contributed by atoms with van der Waals surface area (Å²) < 4.78 is 0. The molecule has 12 heavy (non-hydrogen) atoms. The molecule has 0 aromatic carbocycles. The Bertz CT molecular complexity index is 310. The summed E-state index contributed by atoms with van der Waals surface area (Å²) in [6.45, 7) is 3.96. The number of hydrogen-bond donors (Lipinski definition) is 1. The Morgan fingerprint density at radius 3 is 2.83 bits per heavy atom. The van der Waals surface area contributed by atoms with Crippen LogP contribution in [0, 0.1) is 6.92 Å². The number of allylic oxidation sites excluding steroid dienone is 3. The van der Waals surface area contributed by atoms with E-state index in [9.17, 15) is 0 Å². The summed E-state index contributed by atoms with van der Waals surface area (Å²) >= 11 is 1.64. The van der Waals surface area contributed by atoms with Crippen molar-refractivity contribution in [3.8, 4) is 0 Å². The third-order valence-electron chi connectivity index (χ3n) is 1.45. The van der Waals surface area contributed by atoms with Crippen LogP contribution < -0.4 is 5.73 Å². The van der Waals surface area contributed by atoms with Gasteiger partial charge in [0, 0.05) is 16.6 Å². The Morgan fingerprint density at radius 1 is 1.67 bits per heavy atom. The van der Waals surface area contributed by atoms with E-state index in [2.05, 4.69) is 4.98 Å². The molecule has 0 aliphatic rings. The molecule has 1 heterocycles. The fourth-order valence-electron chi connectivity index (χ4n) is 0.881. The average Bonchev–Trinajstić information content (AvgIpc) is 2.47. The molecule has 1 rings (SSSR count). The minimum absolute atomic E-state index is 1.02. The van der Waals surface area contributed by atoms with Gasteiger partial charge in [0.25, 0.3) is 0 Å². The number of aryl methyl sites for hydroxylation is 1. The second-order valence-corrected chi connectivity index (χ2v) is 3.26. The summed E-state index contributed by atoms with van der Waals surface area (Å²) in [4.78, 5) is 4.34. The van der Waals surface area contributed by atoms with Crippen LogP contribution in [0.25, 0.3) is 5.57 Å². The zero-order valence-corrected chi connectivity index (χ0v) is 8.06. The Balaban J connectivity index is 2.96. The maximum absolute atomic E-state index is 5.30. The van der Waals surface area contributed by atoms with Crippen LogP contribution in [-0.4, -0.2) is 4.98 Å². The van der Waals surface area contributed by atoms with E-state index in [1.165, 1.54) is 6.20 Å². The lowest BCUT2D eigenvalue weighted by Gasteiger charge is -1.92. The molecule has 0 amide bonds. The predicted molar refractivity (Wildman–Crippen MR) is 53.8 cm³/mol. The normalized spacial score (nSPS) is 12.7. The number of nitrogens with zero attached hydrogens (tertiary/aromatic N) is 1. The van der Waals surface area contributed by atoms with Gasteiger partial charge >= 0.3 is 0 Å². The lowest BCUT2D eigenvalue weighted by atomic mass is 10.2. The molecule has 0 unspecified atom stereocenters. The number of nitrogens with two attached hydrogens (primary N) is 1. The Labute approximate surface area is 76.4 Å². The first-order chi connectivity index (χ1) is 5.77. The van der Waals surface area contributed by atoms with Crippen molar-refractivity contribution in [2.24, 2.45) is 5.73 Å². The van der Waals surface area contributed by atoms with Crippen LogP contribution in [0.5, 0.6) is 0 Å². The highest BCUT2D eigenvalue weighted by molar-refractivity contribution is 7.10. The third kappa shape index (κ3) is 1.95. The molecule has 0 saturated carbocycles. The Kier molecular flexibility index (Phi) is 3.05. The first-order valence-corrected chi connectivity index (χ1v) is 4.63.